The van der Waals surface area contributed by atoms with E-state index in [1.165, 1.54) is 30.0 Å². The smallest absolute Gasteiger partial charge is 0.269 e. The lowest BCUT2D eigenvalue weighted by molar-refractivity contribution is -0.140. The van der Waals surface area contributed by atoms with Gasteiger partial charge in [-0.2, -0.15) is 0 Å². The van der Waals surface area contributed by atoms with Crippen molar-refractivity contribution in [2.45, 2.75) is 37.8 Å². The van der Waals surface area contributed by atoms with Crippen molar-refractivity contribution in [3.63, 3.8) is 0 Å². The number of sulfonamides is 1. The minimum absolute atomic E-state index is 0.000245. The predicted octanol–water partition coefficient (Wildman–Crippen LogP) is 3.08. The number of benzene rings is 2. The van der Waals surface area contributed by atoms with Crippen LogP contribution >= 0.6 is 23.2 Å². The molecule has 8 nitrogen and oxygen atoms in total. The van der Waals surface area contributed by atoms with Crippen LogP contribution in [0.1, 0.15) is 36.2 Å². The molecule has 1 aliphatic rings. The van der Waals surface area contributed by atoms with Crippen molar-refractivity contribution in [3.8, 4) is 0 Å². The lowest BCUT2D eigenvalue weighted by Gasteiger charge is -2.30. The van der Waals surface area contributed by atoms with Crippen molar-refractivity contribution in [1.29, 1.82) is 0 Å². The normalized spacial score (nSPS) is 15.2. The molecule has 3 rings (SSSR count). The molecule has 33 heavy (non-hydrogen) atoms. The van der Waals surface area contributed by atoms with Crippen LogP contribution in [0.25, 0.3) is 0 Å². The van der Waals surface area contributed by atoms with Gasteiger partial charge < -0.3 is 10.2 Å². The summed E-state index contributed by atoms with van der Waals surface area (Å²) in [6.07, 6.45) is 0.696. The molecule has 2 aromatic carbocycles. The van der Waals surface area contributed by atoms with Crippen LogP contribution in [0, 0.1) is 0 Å². The summed E-state index contributed by atoms with van der Waals surface area (Å²) in [5, 5.41) is 3.30. The fourth-order valence-corrected chi connectivity index (χ4v) is 5.47. The van der Waals surface area contributed by atoms with E-state index in [0.29, 0.717) is 32.9 Å². The van der Waals surface area contributed by atoms with E-state index in [2.05, 4.69) is 5.32 Å². The summed E-state index contributed by atoms with van der Waals surface area (Å²) < 4.78 is 26.3. The molecule has 1 aliphatic heterocycles. The van der Waals surface area contributed by atoms with Crippen molar-refractivity contribution < 1.29 is 22.8 Å². The minimum atomic E-state index is -4.19. The van der Waals surface area contributed by atoms with E-state index in [1.54, 1.807) is 24.3 Å². The van der Waals surface area contributed by atoms with Gasteiger partial charge in [0.25, 0.3) is 15.9 Å². The Kier molecular flexibility index (Phi) is 7.66. The van der Waals surface area contributed by atoms with Crippen LogP contribution < -0.4 is 5.32 Å². The number of amides is 3. The Morgan fingerprint density at radius 2 is 1.73 bits per heavy atom. The summed E-state index contributed by atoms with van der Waals surface area (Å²) in [6.45, 7) is 2.91. The second-order valence-corrected chi connectivity index (χ2v) is 10.1. The zero-order chi connectivity index (χ0) is 24.3. The Bertz CT molecular complexity index is 1180. The van der Waals surface area contributed by atoms with Crippen molar-refractivity contribution >= 4 is 50.9 Å². The van der Waals surface area contributed by atoms with Gasteiger partial charge in [0.15, 0.2) is 0 Å². The van der Waals surface area contributed by atoms with Gasteiger partial charge in [-0.05, 0) is 37.6 Å². The molecular weight excluding hydrogens is 489 g/mol. The first kappa shape index (κ1) is 25.0. The molecule has 1 N–H and O–H groups in total. The highest BCUT2D eigenvalue weighted by molar-refractivity contribution is 7.90. The van der Waals surface area contributed by atoms with Crippen LogP contribution in [0.2, 0.25) is 10.0 Å². The molecule has 11 heteroatoms. The lowest BCUT2D eigenvalue weighted by atomic mass is 10.1. The number of hydrogen-bond acceptors (Lipinski definition) is 5. The number of nitrogens with zero attached hydrogens (tertiary/aromatic N) is 2. The van der Waals surface area contributed by atoms with Crippen molar-refractivity contribution in [2.75, 3.05) is 13.1 Å². The zero-order valence-corrected chi connectivity index (χ0v) is 20.4. The van der Waals surface area contributed by atoms with E-state index in [9.17, 15) is 22.8 Å². The van der Waals surface area contributed by atoms with E-state index in [1.807, 2.05) is 6.92 Å². The number of carbonyl (C=O) groups excluding carboxylic acids is 3. The first-order chi connectivity index (χ1) is 15.6. The van der Waals surface area contributed by atoms with Gasteiger partial charge in [-0.3, -0.25) is 14.4 Å². The Hall–Kier alpha value is -2.62. The van der Waals surface area contributed by atoms with Gasteiger partial charge in [0.05, 0.1) is 5.56 Å². The number of halogens is 2. The number of fused-ring (bicyclic) bond motifs is 1. The van der Waals surface area contributed by atoms with E-state index < -0.39 is 40.3 Å². The zero-order valence-electron chi connectivity index (χ0n) is 18.0. The maximum atomic E-state index is 13.3. The van der Waals surface area contributed by atoms with Gasteiger partial charge in [-0.25, -0.2) is 12.7 Å². The first-order valence-electron chi connectivity index (χ1n) is 10.3. The number of rotatable bonds is 8. The Labute approximate surface area is 202 Å². The third-order valence-electron chi connectivity index (χ3n) is 5.30. The first-order valence-corrected chi connectivity index (χ1v) is 12.4. The molecule has 2 aromatic rings. The van der Waals surface area contributed by atoms with Crippen LogP contribution in [0.4, 0.5) is 0 Å². The van der Waals surface area contributed by atoms with Crippen LogP contribution in [0.5, 0.6) is 0 Å². The van der Waals surface area contributed by atoms with Crippen molar-refractivity contribution in [1.82, 2.24) is 14.5 Å². The molecule has 0 bridgehead atoms. The largest absolute Gasteiger partial charge is 0.354 e. The second kappa shape index (κ2) is 10.1. The molecule has 0 fully saturated rings. The highest BCUT2D eigenvalue weighted by Gasteiger charge is 2.43. The fraction of sp³-hybridized carbons (Fsp3) is 0.318. The topological polar surface area (TPSA) is 104 Å². The van der Waals surface area contributed by atoms with Crippen LogP contribution in [0.15, 0.2) is 47.4 Å². The molecule has 0 saturated carbocycles. The third-order valence-corrected chi connectivity index (χ3v) is 7.79. The average molecular weight is 512 g/mol. The summed E-state index contributed by atoms with van der Waals surface area (Å²) in [5.41, 5.74) is 0.406. The summed E-state index contributed by atoms with van der Waals surface area (Å²) >= 11 is 12.5. The van der Waals surface area contributed by atoms with Gasteiger partial charge in [0.2, 0.25) is 11.8 Å². The molecule has 0 unspecified atom stereocenters. The molecule has 0 aliphatic carbocycles. The second-order valence-electron chi connectivity index (χ2n) is 7.50. The maximum absolute atomic E-state index is 13.3. The van der Waals surface area contributed by atoms with Gasteiger partial charge in [0, 0.05) is 28.7 Å². The third kappa shape index (κ3) is 5.00. The lowest BCUT2D eigenvalue weighted by Crippen LogP contribution is -2.51. The van der Waals surface area contributed by atoms with Gasteiger partial charge in [-0.1, -0.05) is 48.3 Å². The van der Waals surface area contributed by atoms with E-state index in [0.717, 1.165) is 0 Å². The van der Waals surface area contributed by atoms with Gasteiger partial charge in [0.1, 0.15) is 17.5 Å². The highest BCUT2D eigenvalue weighted by atomic mass is 35.5. The summed E-state index contributed by atoms with van der Waals surface area (Å²) in [5.74, 6) is -1.96. The van der Waals surface area contributed by atoms with Crippen LogP contribution in [0.3, 0.4) is 0 Å². The summed E-state index contributed by atoms with van der Waals surface area (Å²) in [6, 6.07) is 9.61. The molecule has 0 spiro atoms. The number of nitrogens with one attached hydrogen (secondary N) is 1. The molecule has 3 amide bonds. The standard InChI is InChI=1S/C22H23Cl2N3O5S/c1-3-11-25-21(29)14(2)26(12-16-17(23)8-6-9-18(16)24)20(28)13-27-22(30)15-7-4-5-10-19(15)33(27,31)32/h4-10,14H,3,11-13H2,1-2H3,(H,25,29)/t14-/m0/s1. The number of hydrogen-bond donors (Lipinski definition) is 1. The quantitative estimate of drug-likeness (QED) is 0.586. The SMILES string of the molecule is CCCNC(=O)[C@H](C)N(Cc1c(Cl)cccc1Cl)C(=O)CN1C(=O)c2ccccc2S1(=O)=O. The maximum Gasteiger partial charge on any atom is 0.269 e. The minimum Gasteiger partial charge on any atom is -0.354 e. The molecule has 1 heterocycles. The highest BCUT2D eigenvalue weighted by Crippen LogP contribution is 2.31. The Morgan fingerprint density at radius 3 is 2.33 bits per heavy atom. The molecule has 0 radical (unpaired) electrons. The molecule has 0 saturated heterocycles. The van der Waals surface area contributed by atoms with Gasteiger partial charge >= 0.3 is 0 Å². The van der Waals surface area contributed by atoms with Crippen molar-refractivity contribution in [2.24, 2.45) is 0 Å². The van der Waals surface area contributed by atoms with Gasteiger partial charge in [-0.15, -0.1) is 0 Å². The molecule has 0 aromatic heterocycles. The van der Waals surface area contributed by atoms with Crippen LogP contribution in [-0.4, -0.2) is 54.5 Å². The van der Waals surface area contributed by atoms with Crippen molar-refractivity contribution in [3.05, 3.63) is 63.6 Å². The Morgan fingerprint density at radius 1 is 1.09 bits per heavy atom. The molecule has 1 atom stereocenters. The van der Waals surface area contributed by atoms with E-state index >= 15 is 0 Å². The number of carbonyl (C=O) groups is 3. The van der Waals surface area contributed by atoms with Crippen LogP contribution in [-0.2, 0) is 26.2 Å². The Balaban J connectivity index is 1.92. The monoisotopic (exact) mass is 511 g/mol. The van der Waals surface area contributed by atoms with E-state index in [4.69, 9.17) is 23.2 Å². The summed E-state index contributed by atoms with van der Waals surface area (Å²) in [4.78, 5) is 39.7. The molecular formula is C22H23Cl2N3O5S. The predicted molar refractivity (Wildman–Crippen MR) is 124 cm³/mol. The molecule has 176 valence electrons. The average Bonchev–Trinajstić information content (AvgIpc) is 2.97. The van der Waals surface area contributed by atoms with E-state index in [-0.39, 0.29) is 17.0 Å². The summed E-state index contributed by atoms with van der Waals surface area (Å²) in [7, 11) is -4.19. The fourth-order valence-electron chi connectivity index (χ4n) is 3.43.